The third-order valence-electron chi connectivity index (χ3n) is 11.4. The Morgan fingerprint density at radius 1 is 0.523 bits per heavy atom. The van der Waals surface area contributed by atoms with E-state index in [1.165, 1.54) is 57.8 Å². The highest BCUT2D eigenvalue weighted by atomic mass is 16.7. The second kappa shape index (κ2) is 42.1. The first-order chi connectivity index (χ1) is 31.6. The van der Waals surface area contributed by atoms with Crippen molar-refractivity contribution in [1.29, 1.82) is 0 Å². The summed E-state index contributed by atoms with van der Waals surface area (Å²) in [5, 5.41) is 31.3. The van der Waals surface area contributed by atoms with Crippen molar-refractivity contribution in [3.05, 3.63) is 48.6 Å². The summed E-state index contributed by atoms with van der Waals surface area (Å²) in [5.74, 6) is -3.17. The van der Waals surface area contributed by atoms with Gasteiger partial charge in [-0.3, -0.25) is 14.4 Å². The summed E-state index contributed by atoms with van der Waals surface area (Å²) in [6, 6.07) is 0. The zero-order chi connectivity index (χ0) is 47.6. The lowest BCUT2D eigenvalue weighted by atomic mass is 9.98. The van der Waals surface area contributed by atoms with Gasteiger partial charge in [0.25, 0.3) is 0 Å². The number of esters is 3. The highest BCUT2D eigenvalue weighted by molar-refractivity contribution is 5.74. The molecule has 6 atom stereocenters. The molecule has 12 heteroatoms. The average Bonchev–Trinajstić information content (AvgIpc) is 3.29. The molecule has 1 aliphatic heterocycles. The Bertz CT molecular complexity index is 1330. The molecule has 0 aromatic rings. The highest BCUT2D eigenvalue weighted by Crippen LogP contribution is 2.26. The van der Waals surface area contributed by atoms with E-state index >= 15 is 0 Å². The van der Waals surface area contributed by atoms with Gasteiger partial charge in [-0.15, -0.1) is 0 Å². The summed E-state index contributed by atoms with van der Waals surface area (Å²) in [5.41, 5.74) is 0. The largest absolute Gasteiger partial charge is 0.479 e. The first kappa shape index (κ1) is 59.7. The lowest BCUT2D eigenvalue weighted by Crippen LogP contribution is -2.61. The average molecular weight is 919 g/mol. The molecule has 374 valence electrons. The van der Waals surface area contributed by atoms with Crippen LogP contribution in [0, 0.1) is 0 Å². The molecule has 0 radical (unpaired) electrons. The van der Waals surface area contributed by atoms with Gasteiger partial charge < -0.3 is 39.0 Å². The monoisotopic (exact) mass is 919 g/mol. The predicted octanol–water partition coefficient (Wildman–Crippen LogP) is 11.9. The van der Waals surface area contributed by atoms with Crippen molar-refractivity contribution in [2.24, 2.45) is 0 Å². The van der Waals surface area contributed by atoms with Gasteiger partial charge in [0.2, 0.25) is 0 Å². The maximum Gasteiger partial charge on any atom is 0.335 e. The minimum Gasteiger partial charge on any atom is -0.479 e. The maximum atomic E-state index is 13.0. The number of unbranched alkanes of at least 4 members (excludes halogenated alkanes) is 20. The minimum absolute atomic E-state index is 0.0256. The number of carbonyl (C=O) groups excluding carboxylic acids is 3. The standard InChI is InChI=1S/C53H90O12/c1-4-7-10-13-16-19-21-23-25-28-30-33-36-39-45(54)61-42-44(63-46(55)40-37-34-31-27-18-15-12-9-6-3)43-62-53-51(49(58)48(57)50(65-53)52(59)60)64-47(56)41-38-35-32-29-26-24-22-20-17-14-11-8-5-2/h8,11,17,19-21,24,26,44,48-51,53,57-58H,4-7,9-10,12-16,18,22-23,25,27-43H2,1-3H3,(H,59,60)/b11-8-,20-17-,21-19-,26-24-. The third kappa shape index (κ3) is 32.9. The van der Waals surface area contributed by atoms with Gasteiger partial charge in [0.05, 0.1) is 6.61 Å². The SMILES string of the molecule is CC/C=C\C/C=C\C/C=C\CCCCCC(=O)OC1C(OCC(COC(=O)CCCCCCC/C=C\CCCCCC)OC(=O)CCCCCCCCCCC)OC(C(=O)O)C(O)C1O. The number of carboxylic acids is 1. The molecule has 6 unspecified atom stereocenters. The molecule has 1 saturated heterocycles. The summed E-state index contributed by atoms with van der Waals surface area (Å²) in [6.07, 6.45) is 35.4. The molecule has 1 heterocycles. The van der Waals surface area contributed by atoms with Crippen LogP contribution in [0.2, 0.25) is 0 Å². The van der Waals surface area contributed by atoms with Crippen LogP contribution in [-0.2, 0) is 42.9 Å². The Kier molecular flexibility index (Phi) is 38.6. The lowest BCUT2D eigenvalue weighted by Gasteiger charge is -2.40. The van der Waals surface area contributed by atoms with Crippen LogP contribution >= 0.6 is 0 Å². The number of aliphatic hydroxyl groups is 2. The zero-order valence-electron chi connectivity index (χ0n) is 40.7. The van der Waals surface area contributed by atoms with E-state index in [0.717, 1.165) is 96.3 Å². The third-order valence-corrected chi connectivity index (χ3v) is 11.4. The van der Waals surface area contributed by atoms with Gasteiger partial charge in [-0.25, -0.2) is 4.79 Å². The summed E-state index contributed by atoms with van der Waals surface area (Å²) in [6.45, 7) is 5.78. The molecular weight excluding hydrogens is 829 g/mol. The number of allylic oxidation sites excluding steroid dienone is 8. The van der Waals surface area contributed by atoms with Crippen molar-refractivity contribution in [2.75, 3.05) is 13.2 Å². The number of aliphatic carboxylic acids is 1. The van der Waals surface area contributed by atoms with Gasteiger partial charge in [-0.2, -0.15) is 0 Å². The normalized spacial score (nSPS) is 19.4. The first-order valence-electron chi connectivity index (χ1n) is 25.6. The highest BCUT2D eigenvalue weighted by Gasteiger charge is 2.50. The second-order valence-electron chi connectivity index (χ2n) is 17.4. The van der Waals surface area contributed by atoms with Gasteiger partial charge in [0.1, 0.15) is 18.8 Å². The Labute approximate surface area is 393 Å². The minimum atomic E-state index is -1.91. The van der Waals surface area contributed by atoms with Crippen LogP contribution < -0.4 is 0 Å². The second-order valence-corrected chi connectivity index (χ2v) is 17.4. The fourth-order valence-corrected chi connectivity index (χ4v) is 7.43. The van der Waals surface area contributed by atoms with E-state index in [1.54, 1.807) is 0 Å². The number of carbonyl (C=O) groups is 4. The van der Waals surface area contributed by atoms with Crippen molar-refractivity contribution in [3.63, 3.8) is 0 Å². The molecule has 12 nitrogen and oxygen atoms in total. The van der Waals surface area contributed by atoms with Crippen LogP contribution in [-0.4, -0.2) is 89.2 Å². The van der Waals surface area contributed by atoms with Crippen LogP contribution in [0.25, 0.3) is 0 Å². The zero-order valence-corrected chi connectivity index (χ0v) is 40.7. The van der Waals surface area contributed by atoms with Crippen molar-refractivity contribution in [3.8, 4) is 0 Å². The molecule has 3 N–H and O–H groups in total. The van der Waals surface area contributed by atoms with E-state index < -0.39 is 67.3 Å². The Morgan fingerprint density at radius 3 is 1.52 bits per heavy atom. The van der Waals surface area contributed by atoms with E-state index in [9.17, 15) is 34.5 Å². The number of hydrogen-bond acceptors (Lipinski definition) is 11. The van der Waals surface area contributed by atoms with Gasteiger partial charge in [0, 0.05) is 19.3 Å². The van der Waals surface area contributed by atoms with Crippen LogP contribution in [0.4, 0.5) is 0 Å². The molecule has 0 amide bonds. The topological polar surface area (TPSA) is 175 Å². The first-order valence-corrected chi connectivity index (χ1v) is 25.6. The van der Waals surface area contributed by atoms with E-state index in [0.29, 0.717) is 19.3 Å². The number of aliphatic hydroxyl groups excluding tert-OH is 2. The van der Waals surface area contributed by atoms with E-state index in [-0.39, 0.29) is 25.9 Å². The summed E-state index contributed by atoms with van der Waals surface area (Å²) >= 11 is 0. The molecule has 0 aromatic heterocycles. The molecule has 0 aliphatic carbocycles. The van der Waals surface area contributed by atoms with E-state index in [1.807, 2.05) is 0 Å². The molecule has 65 heavy (non-hydrogen) atoms. The number of carboxylic acid groups (broad SMARTS) is 1. The van der Waals surface area contributed by atoms with Gasteiger partial charge >= 0.3 is 23.9 Å². The van der Waals surface area contributed by atoms with Crippen molar-refractivity contribution >= 4 is 23.9 Å². The van der Waals surface area contributed by atoms with Crippen molar-refractivity contribution in [1.82, 2.24) is 0 Å². The summed E-state index contributed by atoms with van der Waals surface area (Å²) < 4.78 is 28.2. The van der Waals surface area contributed by atoms with Crippen LogP contribution in [0.5, 0.6) is 0 Å². The van der Waals surface area contributed by atoms with Gasteiger partial charge in [0.15, 0.2) is 24.6 Å². The maximum absolute atomic E-state index is 13.0. The molecule has 1 rings (SSSR count). The van der Waals surface area contributed by atoms with Crippen LogP contribution in [0.1, 0.15) is 213 Å². The van der Waals surface area contributed by atoms with Crippen LogP contribution in [0.3, 0.4) is 0 Å². The smallest absolute Gasteiger partial charge is 0.335 e. The van der Waals surface area contributed by atoms with Gasteiger partial charge in [-0.05, 0) is 77.0 Å². The molecule has 0 spiro atoms. The van der Waals surface area contributed by atoms with Gasteiger partial charge in [-0.1, -0.05) is 166 Å². The fraction of sp³-hybridized carbons (Fsp3) is 0.774. The quantitative estimate of drug-likeness (QED) is 0.0229. The molecule has 0 saturated carbocycles. The van der Waals surface area contributed by atoms with Crippen molar-refractivity contribution < 1.29 is 58.2 Å². The van der Waals surface area contributed by atoms with E-state index in [2.05, 4.69) is 69.4 Å². The van der Waals surface area contributed by atoms with E-state index in [4.69, 9.17) is 23.7 Å². The molecule has 1 fully saturated rings. The summed E-state index contributed by atoms with van der Waals surface area (Å²) in [7, 11) is 0. The number of ether oxygens (including phenoxy) is 5. The van der Waals surface area contributed by atoms with Crippen molar-refractivity contribution in [2.45, 2.75) is 250 Å². The fourth-order valence-electron chi connectivity index (χ4n) is 7.43. The molecule has 0 bridgehead atoms. The Morgan fingerprint density at radius 2 is 0.969 bits per heavy atom. The number of rotatable bonds is 42. The Balaban J connectivity index is 2.75. The molecular formula is C53H90O12. The predicted molar refractivity (Wildman–Crippen MR) is 257 cm³/mol. The summed E-state index contributed by atoms with van der Waals surface area (Å²) in [4.78, 5) is 50.7. The van der Waals surface area contributed by atoms with Crippen LogP contribution in [0.15, 0.2) is 48.6 Å². The molecule has 0 aromatic carbocycles. The Hall–Kier alpha value is -3.32. The number of hydrogen-bond donors (Lipinski definition) is 3. The molecule has 1 aliphatic rings. The lowest BCUT2D eigenvalue weighted by molar-refractivity contribution is -0.301.